The Morgan fingerprint density at radius 2 is 2.17 bits per heavy atom. The van der Waals surface area contributed by atoms with Crippen molar-refractivity contribution in [2.24, 2.45) is 0 Å². The summed E-state index contributed by atoms with van der Waals surface area (Å²) in [5.41, 5.74) is 3.67. The van der Waals surface area contributed by atoms with Gasteiger partial charge in [0.15, 0.2) is 4.34 Å². The summed E-state index contributed by atoms with van der Waals surface area (Å²) < 4.78 is 0.944. The Kier molecular flexibility index (Phi) is 3.45. The normalized spacial score (nSPS) is 10.9. The van der Waals surface area contributed by atoms with E-state index >= 15 is 0 Å². The Labute approximate surface area is 117 Å². The molecule has 2 aromatic heterocycles. The second-order valence-electron chi connectivity index (χ2n) is 3.62. The minimum atomic E-state index is 0.561. The van der Waals surface area contributed by atoms with Crippen molar-refractivity contribution in [1.82, 2.24) is 15.2 Å². The summed E-state index contributed by atoms with van der Waals surface area (Å²) in [4.78, 5) is 4.40. The van der Waals surface area contributed by atoms with E-state index in [9.17, 15) is 0 Å². The average molecular weight is 294 g/mol. The Bertz CT molecular complexity index is 670. The van der Waals surface area contributed by atoms with Gasteiger partial charge in [0, 0.05) is 16.7 Å². The first-order valence-corrected chi connectivity index (χ1v) is 7.50. The van der Waals surface area contributed by atoms with Crippen molar-refractivity contribution in [1.29, 1.82) is 0 Å². The zero-order valence-corrected chi connectivity index (χ0v) is 11.6. The van der Waals surface area contributed by atoms with Crippen molar-refractivity contribution < 1.29 is 0 Å². The van der Waals surface area contributed by atoms with Gasteiger partial charge in [0.25, 0.3) is 0 Å². The van der Waals surface area contributed by atoms with Crippen molar-refractivity contribution in [2.45, 2.75) is 10.1 Å². The third kappa shape index (κ3) is 2.48. The van der Waals surface area contributed by atoms with Gasteiger partial charge in [0.2, 0.25) is 0 Å². The highest BCUT2D eigenvalue weighted by molar-refractivity contribution is 8.00. The molecule has 0 aliphatic carbocycles. The van der Waals surface area contributed by atoms with Gasteiger partial charge in [0.1, 0.15) is 10.7 Å². The summed E-state index contributed by atoms with van der Waals surface area (Å²) in [6.45, 7) is 0. The lowest BCUT2D eigenvalue weighted by Gasteiger charge is -2.04. The minimum absolute atomic E-state index is 0.561. The first-order valence-electron chi connectivity index (χ1n) is 5.26. The molecule has 0 aliphatic heterocycles. The van der Waals surface area contributed by atoms with Crippen molar-refractivity contribution in [3.63, 3.8) is 0 Å². The highest BCUT2D eigenvalue weighted by Gasteiger charge is 2.06. The van der Waals surface area contributed by atoms with Crippen LogP contribution in [0.4, 0.5) is 0 Å². The molecular formula is C12H8ClN3S2. The number of benzene rings is 1. The maximum absolute atomic E-state index is 6.19. The van der Waals surface area contributed by atoms with Gasteiger partial charge in [0.05, 0.1) is 5.52 Å². The summed E-state index contributed by atoms with van der Waals surface area (Å²) in [6, 6.07) is 10.0. The first-order chi connectivity index (χ1) is 8.83. The van der Waals surface area contributed by atoms with Gasteiger partial charge >= 0.3 is 0 Å². The zero-order chi connectivity index (χ0) is 12.4. The fraction of sp³-hybridized carbons (Fsp3) is 0.0833. The molecule has 0 saturated heterocycles. The summed E-state index contributed by atoms with van der Waals surface area (Å²) >= 11 is 9.34. The van der Waals surface area contributed by atoms with Crippen LogP contribution >= 0.6 is 34.7 Å². The summed E-state index contributed by atoms with van der Waals surface area (Å²) in [5, 5.41) is 9.46. The number of para-hydroxylation sites is 1. The molecule has 1 aromatic carbocycles. The third-order valence-corrected chi connectivity index (χ3v) is 4.68. The molecular weight excluding hydrogens is 286 g/mol. The SMILES string of the molecule is Clc1nc2ccccc2cc1CSc1nncs1. The van der Waals surface area contributed by atoms with Crippen LogP contribution in [-0.4, -0.2) is 15.2 Å². The van der Waals surface area contributed by atoms with Gasteiger partial charge in [-0.25, -0.2) is 4.98 Å². The monoisotopic (exact) mass is 293 g/mol. The van der Waals surface area contributed by atoms with Gasteiger partial charge in [-0.3, -0.25) is 0 Å². The fourth-order valence-corrected chi connectivity index (χ4v) is 3.36. The number of hydrogen-bond acceptors (Lipinski definition) is 5. The number of rotatable bonds is 3. The third-order valence-electron chi connectivity index (χ3n) is 2.44. The Balaban J connectivity index is 1.89. The molecule has 3 nitrogen and oxygen atoms in total. The molecule has 3 rings (SSSR count). The Morgan fingerprint density at radius 3 is 3.00 bits per heavy atom. The molecule has 6 heteroatoms. The number of halogens is 1. The van der Waals surface area contributed by atoms with Crippen LogP contribution in [-0.2, 0) is 5.75 Å². The summed E-state index contributed by atoms with van der Waals surface area (Å²) in [5.74, 6) is 0.756. The predicted molar refractivity (Wildman–Crippen MR) is 76.2 cm³/mol. The van der Waals surface area contributed by atoms with Crippen molar-refractivity contribution in [2.75, 3.05) is 0 Å². The number of nitrogens with zero attached hydrogens (tertiary/aromatic N) is 3. The minimum Gasteiger partial charge on any atom is -0.236 e. The van der Waals surface area contributed by atoms with E-state index in [1.54, 1.807) is 17.3 Å². The molecule has 0 spiro atoms. The molecule has 0 N–H and O–H groups in total. The van der Waals surface area contributed by atoms with E-state index in [4.69, 9.17) is 11.6 Å². The van der Waals surface area contributed by atoms with Gasteiger partial charge < -0.3 is 0 Å². The predicted octanol–water partition coefficient (Wildman–Crippen LogP) is 4.03. The average Bonchev–Trinajstić information content (AvgIpc) is 2.89. The molecule has 18 heavy (non-hydrogen) atoms. The molecule has 0 saturated carbocycles. The molecule has 0 aliphatic rings. The van der Waals surface area contributed by atoms with Crippen LogP contribution in [0, 0.1) is 0 Å². The van der Waals surface area contributed by atoms with Gasteiger partial charge in [-0.2, -0.15) is 0 Å². The second kappa shape index (κ2) is 5.22. The first kappa shape index (κ1) is 11.9. The molecule has 0 atom stereocenters. The van der Waals surface area contributed by atoms with Crippen molar-refractivity contribution >= 4 is 45.6 Å². The number of aromatic nitrogens is 3. The van der Waals surface area contributed by atoms with Gasteiger partial charge in [-0.15, -0.1) is 10.2 Å². The number of thioether (sulfide) groups is 1. The van der Waals surface area contributed by atoms with Crippen molar-refractivity contribution in [3.05, 3.63) is 46.6 Å². The molecule has 0 amide bonds. The highest BCUT2D eigenvalue weighted by atomic mass is 35.5. The maximum Gasteiger partial charge on any atom is 0.174 e. The summed E-state index contributed by atoms with van der Waals surface area (Å²) in [7, 11) is 0. The van der Waals surface area contributed by atoms with Gasteiger partial charge in [-0.1, -0.05) is 52.9 Å². The molecule has 3 aromatic rings. The standard InChI is InChI=1S/C12H8ClN3S2/c13-11-9(6-17-12-16-14-7-18-12)5-8-3-1-2-4-10(8)15-11/h1-5,7H,6H2. The quantitative estimate of drug-likeness (QED) is 0.540. The number of hydrogen-bond donors (Lipinski definition) is 0. The van der Waals surface area contributed by atoms with Crippen LogP contribution in [0.5, 0.6) is 0 Å². The van der Waals surface area contributed by atoms with Crippen LogP contribution in [0.15, 0.2) is 40.2 Å². The molecule has 0 radical (unpaired) electrons. The summed E-state index contributed by atoms with van der Waals surface area (Å²) in [6.07, 6.45) is 0. The Morgan fingerprint density at radius 1 is 1.28 bits per heavy atom. The lowest BCUT2D eigenvalue weighted by molar-refractivity contribution is 1.01. The maximum atomic E-state index is 6.19. The number of fused-ring (bicyclic) bond motifs is 1. The van der Waals surface area contributed by atoms with E-state index in [-0.39, 0.29) is 0 Å². The van der Waals surface area contributed by atoms with E-state index in [0.29, 0.717) is 5.15 Å². The molecule has 0 fully saturated rings. The highest BCUT2D eigenvalue weighted by Crippen LogP contribution is 2.28. The second-order valence-corrected chi connectivity index (χ2v) is 6.04. The fourth-order valence-electron chi connectivity index (χ4n) is 1.60. The molecule has 90 valence electrons. The Hall–Kier alpha value is -1.17. The van der Waals surface area contributed by atoms with Crippen LogP contribution < -0.4 is 0 Å². The zero-order valence-electron chi connectivity index (χ0n) is 9.21. The lowest BCUT2D eigenvalue weighted by Crippen LogP contribution is -1.88. The van der Waals surface area contributed by atoms with Crippen LogP contribution in [0.3, 0.4) is 0 Å². The van der Waals surface area contributed by atoms with E-state index in [1.807, 2.05) is 24.3 Å². The van der Waals surface area contributed by atoms with Crippen LogP contribution in [0.1, 0.15) is 5.56 Å². The number of pyridine rings is 1. The van der Waals surface area contributed by atoms with E-state index < -0.39 is 0 Å². The van der Waals surface area contributed by atoms with E-state index in [1.165, 1.54) is 11.3 Å². The van der Waals surface area contributed by atoms with E-state index in [2.05, 4.69) is 21.2 Å². The van der Waals surface area contributed by atoms with E-state index in [0.717, 1.165) is 26.6 Å². The van der Waals surface area contributed by atoms with Crippen molar-refractivity contribution in [3.8, 4) is 0 Å². The van der Waals surface area contributed by atoms with Crippen LogP contribution in [0.25, 0.3) is 10.9 Å². The molecule has 2 heterocycles. The largest absolute Gasteiger partial charge is 0.236 e. The molecule has 0 unspecified atom stereocenters. The molecule has 0 bridgehead atoms. The topological polar surface area (TPSA) is 38.7 Å². The lowest BCUT2D eigenvalue weighted by atomic mass is 10.2. The smallest absolute Gasteiger partial charge is 0.174 e. The van der Waals surface area contributed by atoms with Gasteiger partial charge in [-0.05, 0) is 12.1 Å². The van der Waals surface area contributed by atoms with Crippen LogP contribution in [0.2, 0.25) is 5.15 Å².